The van der Waals surface area contributed by atoms with Crippen LogP contribution in [-0.2, 0) is 24.1 Å². The zero-order valence-corrected chi connectivity index (χ0v) is 16.9. The van der Waals surface area contributed by atoms with E-state index in [1.165, 1.54) is 11.3 Å². The van der Waals surface area contributed by atoms with Crippen LogP contribution >= 0.6 is 11.8 Å². The van der Waals surface area contributed by atoms with Gasteiger partial charge in [-0.25, -0.2) is 0 Å². The third-order valence-electron chi connectivity index (χ3n) is 5.24. The van der Waals surface area contributed by atoms with E-state index in [0.29, 0.717) is 11.7 Å². The standard InChI is InChI=1S/C19H32N4O2S/c1-3-8-23-17-6-5-15(20-7-4-11-25-2)14-16(17)18(21-23)19(24)22-9-12-26-13-10-22/h15,20H,3-14H2,1-2H3. The Labute approximate surface area is 161 Å². The molecule has 1 aliphatic heterocycles. The van der Waals surface area contributed by atoms with E-state index in [-0.39, 0.29) is 5.91 Å². The summed E-state index contributed by atoms with van der Waals surface area (Å²) < 4.78 is 7.23. The lowest BCUT2D eigenvalue weighted by molar-refractivity contribution is 0.0764. The molecule has 26 heavy (non-hydrogen) atoms. The van der Waals surface area contributed by atoms with Gasteiger partial charge in [-0.2, -0.15) is 16.9 Å². The molecule has 1 amide bonds. The lowest BCUT2D eigenvalue weighted by Crippen LogP contribution is -2.39. The summed E-state index contributed by atoms with van der Waals surface area (Å²) in [5, 5.41) is 8.41. The third kappa shape index (κ3) is 4.61. The van der Waals surface area contributed by atoms with Gasteiger partial charge in [-0.15, -0.1) is 0 Å². The van der Waals surface area contributed by atoms with Gasteiger partial charge in [0, 0.05) is 62.2 Å². The number of hydrogen-bond donors (Lipinski definition) is 1. The van der Waals surface area contributed by atoms with E-state index >= 15 is 0 Å². The Morgan fingerprint density at radius 2 is 2.19 bits per heavy atom. The summed E-state index contributed by atoms with van der Waals surface area (Å²) in [4.78, 5) is 15.1. The molecule has 1 N–H and O–H groups in total. The van der Waals surface area contributed by atoms with E-state index in [1.807, 2.05) is 16.7 Å². The predicted octanol–water partition coefficient (Wildman–Crippen LogP) is 1.97. The fraction of sp³-hybridized carbons (Fsp3) is 0.789. The second-order valence-electron chi connectivity index (χ2n) is 7.14. The van der Waals surface area contributed by atoms with Crippen molar-refractivity contribution in [2.45, 2.75) is 51.6 Å². The lowest BCUT2D eigenvalue weighted by Gasteiger charge is -2.27. The van der Waals surface area contributed by atoms with Gasteiger partial charge in [-0.05, 0) is 38.6 Å². The molecule has 0 saturated carbocycles. The zero-order chi connectivity index (χ0) is 18.4. The van der Waals surface area contributed by atoms with Gasteiger partial charge in [-0.1, -0.05) is 6.92 Å². The molecule has 3 rings (SSSR count). The van der Waals surface area contributed by atoms with E-state index < -0.39 is 0 Å². The molecule has 1 fully saturated rings. The van der Waals surface area contributed by atoms with Crippen LogP contribution in [0, 0.1) is 0 Å². The number of hydrogen-bond acceptors (Lipinski definition) is 5. The van der Waals surface area contributed by atoms with Crippen molar-refractivity contribution in [3.05, 3.63) is 17.0 Å². The van der Waals surface area contributed by atoms with Crippen molar-refractivity contribution in [2.75, 3.05) is 44.9 Å². The second-order valence-corrected chi connectivity index (χ2v) is 8.37. The molecule has 6 nitrogen and oxygen atoms in total. The smallest absolute Gasteiger partial charge is 0.274 e. The highest BCUT2D eigenvalue weighted by Crippen LogP contribution is 2.27. The first-order chi connectivity index (χ1) is 12.7. The van der Waals surface area contributed by atoms with Crippen LogP contribution in [0.4, 0.5) is 0 Å². The van der Waals surface area contributed by atoms with Crippen LogP contribution in [0.1, 0.15) is 47.9 Å². The first kappa shape index (κ1) is 19.7. The van der Waals surface area contributed by atoms with Crippen LogP contribution < -0.4 is 5.32 Å². The highest BCUT2D eigenvalue weighted by Gasteiger charge is 2.31. The molecule has 0 bridgehead atoms. The summed E-state index contributed by atoms with van der Waals surface area (Å²) in [5.41, 5.74) is 3.19. The van der Waals surface area contributed by atoms with Crippen LogP contribution in [0.3, 0.4) is 0 Å². The number of carbonyl (C=O) groups is 1. The molecule has 1 unspecified atom stereocenters. The number of carbonyl (C=O) groups excluding carboxylic acids is 1. The molecule has 1 saturated heterocycles. The first-order valence-electron chi connectivity index (χ1n) is 9.92. The summed E-state index contributed by atoms with van der Waals surface area (Å²) in [6, 6.07) is 0.432. The molecule has 0 radical (unpaired) electrons. The van der Waals surface area contributed by atoms with Crippen molar-refractivity contribution in [1.82, 2.24) is 20.0 Å². The number of methoxy groups -OCH3 is 1. The zero-order valence-electron chi connectivity index (χ0n) is 16.1. The fourth-order valence-electron chi connectivity index (χ4n) is 3.87. The Morgan fingerprint density at radius 3 is 2.92 bits per heavy atom. The molecule has 1 aromatic heterocycles. The fourth-order valence-corrected chi connectivity index (χ4v) is 4.77. The maximum Gasteiger partial charge on any atom is 0.274 e. The Morgan fingerprint density at radius 1 is 1.38 bits per heavy atom. The topological polar surface area (TPSA) is 59.4 Å². The number of thioether (sulfide) groups is 1. The number of rotatable bonds is 8. The maximum atomic E-state index is 13.1. The maximum absolute atomic E-state index is 13.1. The van der Waals surface area contributed by atoms with Crippen molar-refractivity contribution in [1.29, 1.82) is 0 Å². The molecule has 0 spiro atoms. The van der Waals surface area contributed by atoms with E-state index in [0.717, 1.165) is 76.4 Å². The minimum atomic E-state index is 0.136. The highest BCUT2D eigenvalue weighted by molar-refractivity contribution is 7.99. The van der Waals surface area contributed by atoms with Gasteiger partial charge >= 0.3 is 0 Å². The van der Waals surface area contributed by atoms with Crippen molar-refractivity contribution in [2.24, 2.45) is 0 Å². The number of nitrogens with one attached hydrogen (secondary N) is 1. The molecule has 1 atom stereocenters. The predicted molar refractivity (Wildman–Crippen MR) is 106 cm³/mol. The van der Waals surface area contributed by atoms with E-state index in [4.69, 9.17) is 9.84 Å². The summed E-state index contributed by atoms with van der Waals surface area (Å²) >= 11 is 1.93. The van der Waals surface area contributed by atoms with Gasteiger partial charge in [0.15, 0.2) is 5.69 Å². The average molecular weight is 381 g/mol. The number of aryl methyl sites for hydroxylation is 1. The van der Waals surface area contributed by atoms with Crippen LogP contribution in [0.2, 0.25) is 0 Å². The summed E-state index contributed by atoms with van der Waals surface area (Å²) in [7, 11) is 1.74. The largest absolute Gasteiger partial charge is 0.385 e. The molecular formula is C19H32N4O2S. The van der Waals surface area contributed by atoms with Crippen LogP contribution in [-0.4, -0.2) is 71.5 Å². The van der Waals surface area contributed by atoms with E-state index in [1.54, 1.807) is 7.11 Å². The molecule has 1 aliphatic carbocycles. The van der Waals surface area contributed by atoms with Crippen molar-refractivity contribution < 1.29 is 9.53 Å². The third-order valence-corrected chi connectivity index (χ3v) is 6.18. The van der Waals surface area contributed by atoms with Gasteiger partial charge in [0.2, 0.25) is 0 Å². The van der Waals surface area contributed by atoms with Gasteiger partial charge in [-0.3, -0.25) is 9.48 Å². The summed E-state index contributed by atoms with van der Waals surface area (Å²) in [6.07, 6.45) is 5.10. The lowest BCUT2D eigenvalue weighted by atomic mass is 9.91. The van der Waals surface area contributed by atoms with Crippen molar-refractivity contribution in [3.8, 4) is 0 Å². The number of fused-ring (bicyclic) bond motifs is 1. The quantitative estimate of drug-likeness (QED) is 0.699. The molecule has 0 aromatic carbocycles. The minimum Gasteiger partial charge on any atom is -0.385 e. The van der Waals surface area contributed by atoms with Crippen molar-refractivity contribution in [3.63, 3.8) is 0 Å². The number of nitrogens with zero attached hydrogens (tertiary/aromatic N) is 3. The first-order valence-corrected chi connectivity index (χ1v) is 11.1. The molecule has 7 heteroatoms. The number of aromatic nitrogens is 2. The average Bonchev–Trinajstić information content (AvgIpc) is 3.03. The summed E-state index contributed by atoms with van der Waals surface area (Å²) in [6.45, 7) is 6.51. The van der Waals surface area contributed by atoms with Gasteiger partial charge < -0.3 is 15.0 Å². The molecule has 146 valence electrons. The van der Waals surface area contributed by atoms with Crippen molar-refractivity contribution >= 4 is 17.7 Å². The normalized spacial score (nSPS) is 20.2. The van der Waals surface area contributed by atoms with E-state index in [9.17, 15) is 4.79 Å². The minimum absolute atomic E-state index is 0.136. The van der Waals surface area contributed by atoms with Crippen LogP contribution in [0.5, 0.6) is 0 Å². The molecule has 2 heterocycles. The SMILES string of the molecule is CCCn1nc(C(=O)N2CCSCC2)c2c1CCC(NCCCOC)C2. The van der Waals surface area contributed by atoms with Crippen LogP contribution in [0.25, 0.3) is 0 Å². The molecule has 2 aliphatic rings. The van der Waals surface area contributed by atoms with Crippen LogP contribution in [0.15, 0.2) is 0 Å². The number of ether oxygens (including phenoxy) is 1. The Kier molecular flexibility index (Phi) is 7.40. The van der Waals surface area contributed by atoms with Gasteiger partial charge in [0.05, 0.1) is 0 Å². The monoisotopic (exact) mass is 380 g/mol. The second kappa shape index (κ2) is 9.76. The Hall–Kier alpha value is -1.05. The Bertz CT molecular complexity index is 599. The van der Waals surface area contributed by atoms with Gasteiger partial charge in [0.1, 0.15) is 0 Å². The number of amides is 1. The molecule has 1 aromatic rings. The van der Waals surface area contributed by atoms with Gasteiger partial charge in [0.25, 0.3) is 5.91 Å². The summed E-state index contributed by atoms with van der Waals surface area (Å²) in [5.74, 6) is 2.21. The highest BCUT2D eigenvalue weighted by atomic mass is 32.2. The Balaban J connectivity index is 1.74. The molecular weight excluding hydrogens is 348 g/mol. The van der Waals surface area contributed by atoms with E-state index in [2.05, 4.69) is 16.9 Å².